The van der Waals surface area contributed by atoms with Crippen molar-refractivity contribution in [3.05, 3.63) is 91.1 Å². The molecular weight excluding hydrogens is 328 g/mol. The highest BCUT2D eigenvalue weighted by molar-refractivity contribution is 6.52. The molecule has 0 saturated heterocycles. The number of rotatable bonds is 4. The number of fused-ring (bicyclic) bond motifs is 1. The number of nitro benzene ring substituents is 1. The van der Waals surface area contributed by atoms with E-state index >= 15 is 0 Å². The molecule has 8 nitrogen and oxygen atoms in total. The number of hydrogen-bond acceptors (Lipinski definition) is 6. The lowest BCUT2D eigenvalue weighted by Crippen LogP contribution is -2.29. The normalized spacial score (nSPS) is 13.6. The summed E-state index contributed by atoms with van der Waals surface area (Å²) in [5.41, 5.74) is -1.19. The van der Waals surface area contributed by atoms with Gasteiger partial charge in [-0.3, -0.25) is 29.8 Å². The van der Waals surface area contributed by atoms with Crippen LogP contribution in [0.15, 0.2) is 54.2 Å². The van der Waals surface area contributed by atoms with Crippen LogP contribution in [0.1, 0.15) is 21.5 Å². The Morgan fingerprint density at radius 2 is 1.48 bits per heavy atom. The number of allylic oxidation sites excluding steroid dienone is 2. The molecule has 1 aliphatic rings. The molecule has 0 N–H and O–H groups in total. The zero-order chi connectivity index (χ0) is 18.1. The molecule has 0 unspecified atom stereocenters. The fraction of sp³-hybridized carbons (Fsp3) is 0.0588. The maximum atomic E-state index is 12.2. The van der Waals surface area contributed by atoms with Crippen molar-refractivity contribution in [2.24, 2.45) is 0 Å². The van der Waals surface area contributed by atoms with E-state index in [4.69, 9.17) is 0 Å². The number of Topliss-reactive ketones (excluding diaryl/α,β-unsaturated/α-hetero) is 2. The van der Waals surface area contributed by atoms with Gasteiger partial charge in [-0.15, -0.1) is 0 Å². The average molecular weight is 338 g/mol. The van der Waals surface area contributed by atoms with E-state index in [1.807, 2.05) is 0 Å². The third-order valence-corrected chi connectivity index (χ3v) is 3.90. The molecule has 0 bridgehead atoms. The Hall–Kier alpha value is -3.68. The Kier molecular flexibility index (Phi) is 3.94. The summed E-state index contributed by atoms with van der Waals surface area (Å²) in [6.45, 7) is 0. The Morgan fingerprint density at radius 3 is 2.08 bits per heavy atom. The van der Waals surface area contributed by atoms with E-state index in [9.17, 15) is 29.8 Å². The molecule has 0 amide bonds. The summed E-state index contributed by atoms with van der Waals surface area (Å²) in [5.74, 6) is -2.37. The summed E-state index contributed by atoms with van der Waals surface area (Å²) >= 11 is 0. The molecule has 0 heterocycles. The lowest BCUT2D eigenvalue weighted by atomic mass is 9.83. The second kappa shape index (κ2) is 6.08. The van der Waals surface area contributed by atoms with Crippen LogP contribution in [0.25, 0.3) is 5.57 Å². The summed E-state index contributed by atoms with van der Waals surface area (Å²) < 4.78 is 0. The van der Waals surface area contributed by atoms with Crippen molar-refractivity contribution in [2.75, 3.05) is 0 Å². The first-order chi connectivity index (χ1) is 11.9. The number of ketones is 2. The van der Waals surface area contributed by atoms with Gasteiger partial charge in [0.1, 0.15) is 0 Å². The van der Waals surface area contributed by atoms with Gasteiger partial charge in [0.25, 0.3) is 5.69 Å². The van der Waals surface area contributed by atoms with Crippen LogP contribution in [0.5, 0.6) is 0 Å². The van der Waals surface area contributed by atoms with Crippen molar-refractivity contribution in [1.82, 2.24) is 0 Å². The van der Waals surface area contributed by atoms with Crippen molar-refractivity contribution < 1.29 is 19.4 Å². The summed E-state index contributed by atoms with van der Waals surface area (Å²) in [5, 5.41) is 22.8. The van der Waals surface area contributed by atoms with Gasteiger partial charge in [-0.25, -0.2) is 0 Å². The van der Waals surface area contributed by atoms with E-state index in [2.05, 4.69) is 0 Å². The van der Waals surface area contributed by atoms with Gasteiger partial charge in [0.2, 0.25) is 5.78 Å². The number of carbonyl (C=O) groups excluding carboxylic acids is 2. The number of nitrogens with zero attached hydrogens (tertiary/aromatic N) is 2. The number of carbonyl (C=O) groups is 2. The minimum absolute atomic E-state index is 0.0754. The second-order valence-corrected chi connectivity index (χ2v) is 5.36. The van der Waals surface area contributed by atoms with Gasteiger partial charge in [0, 0.05) is 18.1 Å². The zero-order valence-electron chi connectivity index (χ0n) is 12.7. The molecule has 3 rings (SSSR count). The monoisotopic (exact) mass is 338 g/mol. The Balaban J connectivity index is 2.34. The fourth-order valence-corrected chi connectivity index (χ4v) is 2.85. The number of hydrogen-bond donors (Lipinski definition) is 0. The van der Waals surface area contributed by atoms with Gasteiger partial charge in [0.15, 0.2) is 0 Å². The predicted molar refractivity (Wildman–Crippen MR) is 86.5 cm³/mol. The second-order valence-electron chi connectivity index (χ2n) is 5.36. The summed E-state index contributed by atoms with van der Waals surface area (Å²) in [6, 6.07) is 12.2. The zero-order valence-corrected chi connectivity index (χ0v) is 12.7. The molecule has 25 heavy (non-hydrogen) atoms. The minimum Gasteiger partial charge on any atom is -0.285 e. The van der Waals surface area contributed by atoms with Crippen LogP contribution < -0.4 is 0 Å². The Labute approximate surface area is 140 Å². The SMILES string of the molecule is O=C1C(=O)c2cccc([N+](=O)[O-])c2C(Cc2ccccc2)=C1[N+](=O)[O-]. The van der Waals surface area contributed by atoms with Gasteiger partial charge in [-0.2, -0.15) is 0 Å². The topological polar surface area (TPSA) is 120 Å². The highest BCUT2D eigenvalue weighted by Crippen LogP contribution is 2.38. The van der Waals surface area contributed by atoms with Gasteiger partial charge in [-0.1, -0.05) is 36.4 Å². The van der Waals surface area contributed by atoms with E-state index in [0.717, 1.165) is 6.07 Å². The summed E-state index contributed by atoms with van der Waals surface area (Å²) in [7, 11) is 0. The lowest BCUT2D eigenvalue weighted by Gasteiger charge is -2.17. The molecule has 1 aliphatic carbocycles. The van der Waals surface area contributed by atoms with Gasteiger partial charge < -0.3 is 0 Å². The maximum Gasteiger partial charge on any atom is 0.324 e. The predicted octanol–water partition coefficient (Wildman–Crippen LogP) is 2.59. The lowest BCUT2D eigenvalue weighted by molar-refractivity contribution is -0.417. The van der Waals surface area contributed by atoms with Crippen molar-refractivity contribution in [2.45, 2.75) is 6.42 Å². The molecule has 8 heteroatoms. The standard InChI is InChI=1S/C17H10N2O6/c20-16-11-7-4-8-13(18(22)23)14(11)12(15(17(16)21)19(24)25)9-10-5-2-1-3-6-10/h1-8H,9H2. The van der Waals surface area contributed by atoms with Crippen LogP contribution >= 0.6 is 0 Å². The van der Waals surface area contributed by atoms with Gasteiger partial charge >= 0.3 is 11.5 Å². The largest absolute Gasteiger partial charge is 0.324 e. The maximum absolute atomic E-state index is 12.2. The third-order valence-electron chi connectivity index (χ3n) is 3.90. The number of nitro groups is 2. The van der Waals surface area contributed by atoms with Gasteiger partial charge in [0.05, 0.1) is 21.0 Å². The molecule has 2 aromatic carbocycles. The summed E-state index contributed by atoms with van der Waals surface area (Å²) in [4.78, 5) is 45.5. The van der Waals surface area contributed by atoms with E-state index in [-0.39, 0.29) is 23.1 Å². The first kappa shape index (κ1) is 16.2. The average Bonchev–Trinajstić information content (AvgIpc) is 2.59. The molecule has 0 atom stereocenters. The third kappa shape index (κ3) is 2.69. The first-order valence-electron chi connectivity index (χ1n) is 7.20. The fourth-order valence-electron chi connectivity index (χ4n) is 2.85. The van der Waals surface area contributed by atoms with E-state index < -0.39 is 32.8 Å². The molecule has 0 radical (unpaired) electrons. The van der Waals surface area contributed by atoms with Crippen LogP contribution in [0.2, 0.25) is 0 Å². The van der Waals surface area contributed by atoms with Gasteiger partial charge in [-0.05, 0) is 11.6 Å². The molecule has 0 saturated carbocycles. The van der Waals surface area contributed by atoms with Crippen LogP contribution in [0.3, 0.4) is 0 Å². The van der Waals surface area contributed by atoms with Crippen LogP contribution in [0, 0.1) is 20.2 Å². The highest BCUT2D eigenvalue weighted by Gasteiger charge is 2.43. The van der Waals surface area contributed by atoms with Crippen LogP contribution in [0.4, 0.5) is 5.69 Å². The van der Waals surface area contributed by atoms with Crippen molar-refractivity contribution in [1.29, 1.82) is 0 Å². The molecule has 0 aliphatic heterocycles. The van der Waals surface area contributed by atoms with Crippen molar-refractivity contribution in [3.63, 3.8) is 0 Å². The van der Waals surface area contributed by atoms with E-state index in [1.54, 1.807) is 30.3 Å². The minimum atomic E-state index is -1.26. The molecular formula is C17H10N2O6. The van der Waals surface area contributed by atoms with Crippen LogP contribution in [-0.2, 0) is 11.2 Å². The van der Waals surface area contributed by atoms with E-state index in [0.29, 0.717) is 5.56 Å². The molecule has 0 spiro atoms. The van der Waals surface area contributed by atoms with Crippen molar-refractivity contribution >= 4 is 22.8 Å². The molecule has 0 fully saturated rings. The Morgan fingerprint density at radius 1 is 0.800 bits per heavy atom. The van der Waals surface area contributed by atoms with E-state index in [1.165, 1.54) is 12.1 Å². The van der Waals surface area contributed by atoms with Crippen molar-refractivity contribution in [3.8, 4) is 0 Å². The first-order valence-corrected chi connectivity index (χ1v) is 7.20. The molecule has 124 valence electrons. The molecule has 0 aromatic heterocycles. The summed E-state index contributed by atoms with van der Waals surface area (Å²) in [6.07, 6.45) is -0.0754. The smallest absolute Gasteiger partial charge is 0.285 e. The quantitative estimate of drug-likeness (QED) is 0.480. The number of benzene rings is 2. The Bertz CT molecular complexity index is 962. The highest BCUT2D eigenvalue weighted by atomic mass is 16.6. The van der Waals surface area contributed by atoms with Crippen LogP contribution in [-0.4, -0.2) is 21.4 Å². The molecule has 2 aromatic rings.